The molecular formula is C19H15NO4. The molecule has 24 heavy (non-hydrogen) atoms. The molecule has 0 saturated carbocycles. The van der Waals surface area contributed by atoms with Crippen molar-refractivity contribution in [2.75, 3.05) is 6.61 Å². The number of benzene rings is 2. The molecule has 0 amide bonds. The van der Waals surface area contributed by atoms with Gasteiger partial charge in [-0.05, 0) is 19.1 Å². The van der Waals surface area contributed by atoms with Gasteiger partial charge in [-0.2, -0.15) is 0 Å². The largest absolute Gasteiger partial charge is 0.461 e. The Bertz CT molecular complexity index is 925. The smallest absolute Gasteiger partial charge is 0.355 e. The van der Waals surface area contributed by atoms with Gasteiger partial charge in [0.2, 0.25) is 0 Å². The summed E-state index contributed by atoms with van der Waals surface area (Å²) in [5.41, 5.74) is 0.817. The molecule has 120 valence electrons. The highest BCUT2D eigenvalue weighted by Crippen LogP contribution is 2.21. The molecule has 3 rings (SSSR count). The number of ketones is 1. The van der Waals surface area contributed by atoms with E-state index >= 15 is 0 Å². The molecule has 5 heteroatoms. The number of nitrogens with zero attached hydrogens (tertiary/aromatic N) is 1. The van der Waals surface area contributed by atoms with E-state index in [0.717, 1.165) is 4.57 Å². The Morgan fingerprint density at radius 2 is 1.62 bits per heavy atom. The number of esters is 1. The van der Waals surface area contributed by atoms with Gasteiger partial charge in [0, 0.05) is 10.9 Å². The number of hydrogen-bond acceptors (Lipinski definition) is 4. The van der Waals surface area contributed by atoms with Crippen molar-refractivity contribution < 1.29 is 19.1 Å². The molecule has 0 saturated heterocycles. The van der Waals surface area contributed by atoms with Crippen LogP contribution < -0.4 is 0 Å². The zero-order chi connectivity index (χ0) is 17.1. The van der Waals surface area contributed by atoms with Crippen LogP contribution in [0.15, 0.2) is 60.7 Å². The molecule has 0 N–H and O–H groups in total. The van der Waals surface area contributed by atoms with Crippen molar-refractivity contribution in [1.82, 2.24) is 4.57 Å². The fourth-order valence-electron chi connectivity index (χ4n) is 2.54. The van der Waals surface area contributed by atoms with Crippen molar-refractivity contribution in [3.63, 3.8) is 0 Å². The van der Waals surface area contributed by atoms with Crippen LogP contribution in [-0.2, 0) is 4.74 Å². The summed E-state index contributed by atoms with van der Waals surface area (Å²) in [4.78, 5) is 37.4. The molecule has 1 aromatic heterocycles. The lowest BCUT2D eigenvalue weighted by atomic mass is 10.1. The van der Waals surface area contributed by atoms with Crippen molar-refractivity contribution in [2.45, 2.75) is 6.92 Å². The summed E-state index contributed by atoms with van der Waals surface area (Å²) < 4.78 is 6.14. The molecular weight excluding hydrogens is 306 g/mol. The van der Waals surface area contributed by atoms with E-state index in [4.69, 9.17) is 4.74 Å². The third-order valence-corrected chi connectivity index (χ3v) is 3.63. The number of carbonyl (C=O) groups excluding carboxylic acids is 3. The molecule has 0 aliphatic carbocycles. The lowest BCUT2D eigenvalue weighted by Crippen LogP contribution is -2.25. The number of rotatable bonds is 4. The molecule has 5 nitrogen and oxygen atoms in total. The Morgan fingerprint density at radius 3 is 2.33 bits per heavy atom. The van der Waals surface area contributed by atoms with Gasteiger partial charge in [-0.25, -0.2) is 4.79 Å². The first-order valence-electron chi connectivity index (χ1n) is 7.55. The highest BCUT2D eigenvalue weighted by Gasteiger charge is 2.26. The van der Waals surface area contributed by atoms with Gasteiger partial charge >= 0.3 is 11.9 Å². The number of para-hydroxylation sites is 1. The normalized spacial score (nSPS) is 10.5. The van der Waals surface area contributed by atoms with E-state index in [1.54, 1.807) is 67.6 Å². The number of carbonyl (C=O) groups is 3. The molecule has 0 bridgehead atoms. The Kier molecular flexibility index (Phi) is 4.24. The average molecular weight is 321 g/mol. The lowest BCUT2D eigenvalue weighted by Gasteiger charge is -2.08. The van der Waals surface area contributed by atoms with Crippen LogP contribution >= 0.6 is 0 Å². The van der Waals surface area contributed by atoms with E-state index in [9.17, 15) is 14.4 Å². The molecule has 0 atom stereocenters. The Labute approximate surface area is 138 Å². The Balaban J connectivity index is 2.13. The van der Waals surface area contributed by atoms with Gasteiger partial charge in [0.15, 0.2) is 0 Å². The van der Waals surface area contributed by atoms with Gasteiger partial charge in [0.25, 0.3) is 5.78 Å². The summed E-state index contributed by atoms with van der Waals surface area (Å²) in [6.07, 6.45) is 0. The Morgan fingerprint density at radius 1 is 0.958 bits per heavy atom. The minimum Gasteiger partial charge on any atom is -0.461 e. The first-order valence-corrected chi connectivity index (χ1v) is 7.55. The van der Waals surface area contributed by atoms with Crippen LogP contribution in [0.4, 0.5) is 0 Å². The summed E-state index contributed by atoms with van der Waals surface area (Å²) >= 11 is 0. The van der Waals surface area contributed by atoms with Crippen LogP contribution in [0.25, 0.3) is 10.9 Å². The van der Waals surface area contributed by atoms with Crippen LogP contribution in [0, 0.1) is 0 Å². The van der Waals surface area contributed by atoms with Crippen molar-refractivity contribution >= 4 is 28.6 Å². The van der Waals surface area contributed by atoms with Crippen LogP contribution in [0.5, 0.6) is 0 Å². The fourth-order valence-corrected chi connectivity index (χ4v) is 2.54. The van der Waals surface area contributed by atoms with Crippen molar-refractivity contribution in [1.29, 1.82) is 0 Å². The van der Waals surface area contributed by atoms with Gasteiger partial charge in [-0.3, -0.25) is 14.2 Å². The summed E-state index contributed by atoms with van der Waals surface area (Å²) in [6, 6.07) is 16.8. The molecule has 0 unspecified atom stereocenters. The van der Waals surface area contributed by atoms with Crippen LogP contribution in [0.3, 0.4) is 0 Å². The number of Topliss-reactive ketones (excluding diaryl/α,β-unsaturated/α-hetero) is 1. The van der Waals surface area contributed by atoms with E-state index in [1.165, 1.54) is 0 Å². The van der Waals surface area contributed by atoms with Crippen molar-refractivity contribution in [2.24, 2.45) is 0 Å². The molecule has 1 heterocycles. The quantitative estimate of drug-likeness (QED) is 0.420. The van der Waals surface area contributed by atoms with Gasteiger partial charge in [-0.1, -0.05) is 48.5 Å². The SMILES string of the molecule is CCOC(=O)c1cc2ccccc2n1C(=O)C(=O)c1ccccc1. The van der Waals surface area contributed by atoms with Crippen LogP contribution in [-0.4, -0.2) is 28.8 Å². The second-order valence-electron chi connectivity index (χ2n) is 5.14. The van der Waals surface area contributed by atoms with Crippen LogP contribution in [0.2, 0.25) is 0 Å². The maximum Gasteiger partial charge on any atom is 0.355 e. The summed E-state index contributed by atoms with van der Waals surface area (Å²) in [7, 11) is 0. The van der Waals surface area contributed by atoms with Gasteiger partial charge in [0.1, 0.15) is 5.69 Å². The monoisotopic (exact) mass is 321 g/mol. The minimum absolute atomic E-state index is 0.0485. The molecule has 0 fully saturated rings. The number of ether oxygens (including phenoxy) is 1. The van der Waals surface area contributed by atoms with E-state index < -0.39 is 17.7 Å². The van der Waals surface area contributed by atoms with Crippen molar-refractivity contribution in [3.8, 4) is 0 Å². The van der Waals surface area contributed by atoms with E-state index in [-0.39, 0.29) is 17.9 Å². The third kappa shape index (κ3) is 2.72. The zero-order valence-corrected chi connectivity index (χ0v) is 13.1. The second kappa shape index (κ2) is 6.50. The molecule has 3 aromatic rings. The third-order valence-electron chi connectivity index (χ3n) is 3.63. The standard InChI is InChI=1S/C19H15NO4/c1-2-24-19(23)16-12-14-10-6-7-11-15(14)20(16)18(22)17(21)13-8-4-3-5-9-13/h3-12H,2H2,1H3. The molecule has 0 spiro atoms. The van der Waals surface area contributed by atoms with Crippen molar-refractivity contribution in [3.05, 3.63) is 71.9 Å². The van der Waals surface area contributed by atoms with Crippen LogP contribution in [0.1, 0.15) is 32.6 Å². The molecule has 0 aliphatic rings. The van der Waals surface area contributed by atoms with E-state index in [1.807, 2.05) is 0 Å². The highest BCUT2D eigenvalue weighted by atomic mass is 16.5. The second-order valence-corrected chi connectivity index (χ2v) is 5.14. The Hall–Kier alpha value is -3.21. The first-order chi connectivity index (χ1) is 11.6. The highest BCUT2D eigenvalue weighted by molar-refractivity contribution is 6.44. The van der Waals surface area contributed by atoms with Gasteiger partial charge in [-0.15, -0.1) is 0 Å². The predicted molar refractivity (Wildman–Crippen MR) is 89.3 cm³/mol. The maximum absolute atomic E-state index is 12.8. The lowest BCUT2D eigenvalue weighted by molar-refractivity contribution is 0.0509. The molecule has 0 aliphatic heterocycles. The van der Waals surface area contributed by atoms with Gasteiger partial charge < -0.3 is 4.74 Å². The summed E-state index contributed by atoms with van der Waals surface area (Å²) in [5, 5.41) is 0.690. The molecule has 2 aromatic carbocycles. The summed E-state index contributed by atoms with van der Waals surface area (Å²) in [5.74, 6) is -2.10. The number of hydrogen-bond donors (Lipinski definition) is 0. The number of fused-ring (bicyclic) bond motifs is 1. The van der Waals surface area contributed by atoms with Gasteiger partial charge in [0.05, 0.1) is 12.1 Å². The average Bonchev–Trinajstić information content (AvgIpc) is 3.01. The number of aromatic nitrogens is 1. The zero-order valence-electron chi connectivity index (χ0n) is 13.1. The fraction of sp³-hybridized carbons (Fsp3) is 0.105. The summed E-state index contributed by atoms with van der Waals surface area (Å²) in [6.45, 7) is 1.86. The minimum atomic E-state index is -0.787. The topological polar surface area (TPSA) is 65.4 Å². The predicted octanol–water partition coefficient (Wildman–Crippen LogP) is 3.34. The van der Waals surface area contributed by atoms with E-state index in [2.05, 4.69) is 0 Å². The first kappa shape index (κ1) is 15.7. The maximum atomic E-state index is 12.8. The molecule has 0 radical (unpaired) electrons. The van der Waals surface area contributed by atoms with E-state index in [0.29, 0.717) is 10.9 Å².